The Morgan fingerprint density at radius 1 is 1.21 bits per heavy atom. The van der Waals surface area contributed by atoms with E-state index in [-0.39, 0.29) is 30.5 Å². The summed E-state index contributed by atoms with van der Waals surface area (Å²) in [5.41, 5.74) is 6.91. The Balaban J connectivity index is 1.46. The third-order valence-corrected chi connectivity index (χ3v) is 7.84. The van der Waals surface area contributed by atoms with Crippen LogP contribution in [0.15, 0.2) is 29.3 Å². The molecule has 1 unspecified atom stereocenters. The number of hydrogen-bond acceptors (Lipinski definition) is 5. The van der Waals surface area contributed by atoms with Gasteiger partial charge in [0, 0.05) is 55.1 Å². The number of rotatable bonds is 3. The highest BCUT2D eigenvalue weighted by atomic mass is 35.5. The van der Waals surface area contributed by atoms with Gasteiger partial charge < -0.3 is 15.6 Å². The topological polar surface area (TPSA) is 97.8 Å². The zero-order chi connectivity index (χ0) is 23.9. The van der Waals surface area contributed by atoms with Crippen LogP contribution in [0, 0.1) is 0 Å². The first-order valence-corrected chi connectivity index (χ1v) is 11.6. The van der Waals surface area contributed by atoms with Gasteiger partial charge in [-0.2, -0.15) is 10.1 Å². The molecule has 2 aliphatic heterocycles. The quantitative estimate of drug-likeness (QED) is 0.460. The number of aryl methyl sites for hydroxylation is 1. The van der Waals surface area contributed by atoms with Crippen LogP contribution in [0.2, 0.25) is 5.02 Å². The second kappa shape index (κ2) is 7.26. The van der Waals surface area contributed by atoms with Gasteiger partial charge in [0.1, 0.15) is 5.65 Å². The van der Waals surface area contributed by atoms with Gasteiger partial charge in [-0.05, 0) is 31.7 Å². The van der Waals surface area contributed by atoms with Crippen molar-refractivity contribution < 1.29 is 8.78 Å². The first-order valence-electron chi connectivity index (χ1n) is 11.2. The van der Waals surface area contributed by atoms with Crippen LogP contribution in [0.25, 0.3) is 33.1 Å². The van der Waals surface area contributed by atoms with Crippen LogP contribution in [-0.2, 0) is 14.1 Å². The van der Waals surface area contributed by atoms with Gasteiger partial charge in [0.2, 0.25) is 5.95 Å². The summed E-state index contributed by atoms with van der Waals surface area (Å²) in [4.78, 5) is 23.5. The lowest BCUT2D eigenvalue weighted by Crippen LogP contribution is -2.60. The molecule has 1 aromatic carbocycles. The van der Waals surface area contributed by atoms with E-state index in [4.69, 9.17) is 22.3 Å². The van der Waals surface area contributed by atoms with Crippen molar-refractivity contribution in [2.75, 3.05) is 4.90 Å². The fourth-order valence-electron chi connectivity index (χ4n) is 5.81. The number of halogens is 3. The summed E-state index contributed by atoms with van der Waals surface area (Å²) in [6, 6.07) is 3.37. The Hall–Kier alpha value is -2.98. The fraction of sp³-hybridized carbons (Fsp3) is 0.435. The highest BCUT2D eigenvalue weighted by Gasteiger charge is 2.51. The highest BCUT2D eigenvalue weighted by molar-refractivity contribution is 6.38. The first kappa shape index (κ1) is 21.5. The lowest BCUT2D eigenvalue weighted by atomic mass is 9.84. The highest BCUT2D eigenvalue weighted by Crippen LogP contribution is 2.44. The van der Waals surface area contributed by atoms with Gasteiger partial charge in [-0.3, -0.25) is 14.0 Å². The number of alkyl halides is 2. The third-order valence-electron chi connectivity index (χ3n) is 7.43. The molecule has 0 aliphatic carbocycles. The van der Waals surface area contributed by atoms with E-state index in [9.17, 15) is 13.6 Å². The summed E-state index contributed by atoms with van der Waals surface area (Å²) in [5.74, 6) is 0.475. The number of aromatic amines is 1. The second-order valence-electron chi connectivity index (χ2n) is 9.60. The van der Waals surface area contributed by atoms with Crippen molar-refractivity contribution in [2.45, 2.75) is 49.7 Å². The summed E-state index contributed by atoms with van der Waals surface area (Å²) in [7, 11) is 3.50. The number of benzene rings is 1. The van der Waals surface area contributed by atoms with E-state index in [1.165, 1.54) is 4.57 Å². The van der Waals surface area contributed by atoms with E-state index in [0.29, 0.717) is 33.1 Å². The van der Waals surface area contributed by atoms with Gasteiger partial charge in [-0.25, -0.2) is 8.78 Å². The maximum absolute atomic E-state index is 13.6. The molecule has 4 aromatic rings. The largest absolute Gasteiger partial charge is 0.345 e. The van der Waals surface area contributed by atoms with Crippen molar-refractivity contribution in [2.24, 2.45) is 19.8 Å². The number of piperidine rings is 1. The molecule has 0 amide bonds. The van der Waals surface area contributed by atoms with E-state index in [2.05, 4.69) is 10.1 Å². The summed E-state index contributed by atoms with van der Waals surface area (Å²) in [5, 5.41) is 6.12. The van der Waals surface area contributed by atoms with E-state index >= 15 is 0 Å². The van der Waals surface area contributed by atoms with Crippen LogP contribution in [0.1, 0.15) is 25.7 Å². The van der Waals surface area contributed by atoms with Crippen molar-refractivity contribution in [1.82, 2.24) is 24.3 Å². The lowest BCUT2D eigenvalue weighted by Gasteiger charge is -2.44. The molecular formula is C23H24ClF2N7O. The lowest BCUT2D eigenvalue weighted by molar-refractivity contribution is 0.0294. The van der Waals surface area contributed by atoms with Gasteiger partial charge in [0.05, 0.1) is 21.5 Å². The molecule has 3 aromatic heterocycles. The molecule has 0 radical (unpaired) electrons. The maximum Gasteiger partial charge on any atom is 0.264 e. The number of fused-ring (bicyclic) bond motifs is 4. The molecule has 2 fully saturated rings. The predicted octanol–water partition coefficient (Wildman–Crippen LogP) is 3.56. The molecule has 3 atom stereocenters. The fourth-order valence-corrected chi connectivity index (χ4v) is 6.12. The Morgan fingerprint density at radius 2 is 1.91 bits per heavy atom. The minimum atomic E-state index is -2.58. The summed E-state index contributed by atoms with van der Waals surface area (Å²) < 4.78 is 30.4. The summed E-state index contributed by atoms with van der Waals surface area (Å²) in [6.45, 7) is 0. The van der Waals surface area contributed by atoms with Crippen LogP contribution >= 0.6 is 11.6 Å². The van der Waals surface area contributed by atoms with Crippen molar-refractivity contribution >= 4 is 39.5 Å². The van der Waals surface area contributed by atoms with Crippen LogP contribution in [-0.4, -0.2) is 48.4 Å². The smallest absolute Gasteiger partial charge is 0.264 e. The number of H-pyrrole nitrogens is 1. The molecule has 2 aliphatic rings. The SMILES string of the molecule is Cn1cc2c(Cl)c(-c3c[nH]c4nc(N5[C@@H]6CC[C@H]5CC(N)(C(F)F)C6)n(C)c(=O)c34)ccc2n1. The van der Waals surface area contributed by atoms with E-state index in [1.807, 2.05) is 30.3 Å². The van der Waals surface area contributed by atoms with Gasteiger partial charge in [-0.1, -0.05) is 17.7 Å². The number of hydrogen-bond donors (Lipinski definition) is 2. The van der Waals surface area contributed by atoms with Crippen LogP contribution < -0.4 is 16.2 Å². The zero-order valence-corrected chi connectivity index (χ0v) is 19.5. The van der Waals surface area contributed by atoms with E-state index < -0.39 is 12.0 Å². The van der Waals surface area contributed by atoms with Gasteiger partial charge in [0.15, 0.2) is 0 Å². The average Bonchev–Trinajstić information content (AvgIpc) is 3.45. The van der Waals surface area contributed by atoms with Gasteiger partial charge in [0.25, 0.3) is 12.0 Å². The molecule has 5 heterocycles. The molecule has 2 bridgehead atoms. The molecule has 3 N–H and O–H groups in total. The Morgan fingerprint density at radius 3 is 2.59 bits per heavy atom. The summed E-state index contributed by atoms with van der Waals surface area (Å²) in [6.07, 6.45) is 2.84. The number of nitrogens with zero attached hydrogens (tertiary/aromatic N) is 5. The number of aromatic nitrogens is 5. The molecule has 2 saturated heterocycles. The van der Waals surface area contributed by atoms with Crippen LogP contribution in [0.4, 0.5) is 14.7 Å². The number of nitrogens with one attached hydrogen (secondary N) is 1. The predicted molar refractivity (Wildman–Crippen MR) is 127 cm³/mol. The molecule has 178 valence electrons. The second-order valence-corrected chi connectivity index (χ2v) is 9.98. The van der Waals surface area contributed by atoms with Crippen LogP contribution in [0.5, 0.6) is 0 Å². The van der Waals surface area contributed by atoms with Crippen molar-refractivity contribution in [3.63, 3.8) is 0 Å². The molecule has 0 saturated carbocycles. The molecule has 8 nitrogen and oxygen atoms in total. The van der Waals surface area contributed by atoms with E-state index in [0.717, 1.165) is 23.7 Å². The average molecular weight is 488 g/mol. The molecule has 34 heavy (non-hydrogen) atoms. The third kappa shape index (κ3) is 2.94. The minimum Gasteiger partial charge on any atom is -0.345 e. The van der Waals surface area contributed by atoms with Crippen LogP contribution in [0.3, 0.4) is 0 Å². The maximum atomic E-state index is 13.6. The van der Waals surface area contributed by atoms with Gasteiger partial charge >= 0.3 is 0 Å². The monoisotopic (exact) mass is 487 g/mol. The van der Waals surface area contributed by atoms with E-state index in [1.54, 1.807) is 17.9 Å². The Labute approximate surface area is 198 Å². The molecule has 6 rings (SSSR count). The Bertz CT molecular complexity index is 1490. The van der Waals surface area contributed by atoms with Crippen molar-refractivity contribution in [1.29, 1.82) is 0 Å². The normalized spacial score (nSPS) is 24.7. The Kier molecular flexibility index (Phi) is 4.60. The standard InChI is InChI=1S/C23H24ClF2N7O/c1-31-10-15-16(30-31)6-5-13(18(15)24)14-9-28-19-17(14)20(34)32(2)22(29-19)33-11-3-4-12(33)8-23(27,7-11)21(25)26/h5-6,9-12,21,28H,3-4,7-8,27H2,1-2H3/t11-,12+,23?. The molecular weight excluding hydrogens is 464 g/mol. The number of nitrogens with two attached hydrogens (primary N) is 1. The number of anilines is 1. The zero-order valence-electron chi connectivity index (χ0n) is 18.7. The molecule has 11 heteroatoms. The van der Waals surface area contributed by atoms with Crippen molar-refractivity contribution in [3.8, 4) is 11.1 Å². The first-order chi connectivity index (χ1) is 16.2. The van der Waals surface area contributed by atoms with Crippen molar-refractivity contribution in [3.05, 3.63) is 39.9 Å². The molecule has 0 spiro atoms. The minimum absolute atomic E-state index is 0.172. The summed E-state index contributed by atoms with van der Waals surface area (Å²) >= 11 is 6.71. The van der Waals surface area contributed by atoms with Gasteiger partial charge in [-0.15, -0.1) is 0 Å².